The monoisotopic (exact) mass is 244 g/mol. The van der Waals surface area contributed by atoms with Gasteiger partial charge in [0.2, 0.25) is 0 Å². The van der Waals surface area contributed by atoms with Crippen LogP contribution in [0, 0.1) is 5.82 Å². The number of halogens is 2. The Kier molecular flexibility index (Phi) is 5.19. The molecule has 0 heterocycles. The second-order valence-electron chi connectivity index (χ2n) is 4.19. The van der Waals surface area contributed by atoms with Crippen LogP contribution in [-0.2, 0) is 6.42 Å². The fourth-order valence-electron chi connectivity index (χ4n) is 1.66. The van der Waals surface area contributed by atoms with Gasteiger partial charge in [-0.3, -0.25) is 0 Å². The maximum atomic E-state index is 13.5. The lowest BCUT2D eigenvalue weighted by molar-refractivity contribution is 0.345. The fraction of sp³-hybridized carbons (Fsp3) is 0.500. The highest BCUT2D eigenvalue weighted by atomic mass is 35.5. The second-order valence-corrected chi connectivity index (χ2v) is 4.62. The summed E-state index contributed by atoms with van der Waals surface area (Å²) in [5, 5.41) is 3.76. The van der Waals surface area contributed by atoms with E-state index in [0.29, 0.717) is 17.0 Å². The van der Waals surface area contributed by atoms with Crippen LogP contribution in [-0.4, -0.2) is 38.6 Å². The first-order valence-corrected chi connectivity index (χ1v) is 5.66. The first kappa shape index (κ1) is 13.4. The van der Waals surface area contributed by atoms with Crippen LogP contribution in [0.4, 0.5) is 4.39 Å². The molecule has 0 aliphatic heterocycles. The summed E-state index contributed by atoms with van der Waals surface area (Å²) in [5.74, 6) is -0.191. The van der Waals surface area contributed by atoms with Gasteiger partial charge in [0.1, 0.15) is 5.82 Å². The van der Waals surface area contributed by atoms with Crippen molar-refractivity contribution in [3.05, 3.63) is 34.6 Å². The lowest BCUT2D eigenvalue weighted by Gasteiger charge is -2.20. The zero-order valence-corrected chi connectivity index (χ0v) is 10.7. The third-order valence-electron chi connectivity index (χ3n) is 2.47. The van der Waals surface area contributed by atoms with E-state index in [4.69, 9.17) is 11.6 Å². The summed E-state index contributed by atoms with van der Waals surface area (Å²) in [4.78, 5) is 2.07. The molecule has 90 valence electrons. The van der Waals surface area contributed by atoms with Gasteiger partial charge < -0.3 is 10.2 Å². The van der Waals surface area contributed by atoms with Crippen LogP contribution >= 0.6 is 11.6 Å². The molecule has 0 amide bonds. The average Bonchev–Trinajstić information content (AvgIpc) is 2.21. The van der Waals surface area contributed by atoms with Gasteiger partial charge in [-0.25, -0.2) is 4.39 Å². The van der Waals surface area contributed by atoms with Gasteiger partial charge >= 0.3 is 0 Å². The van der Waals surface area contributed by atoms with Crippen LogP contribution in [0.25, 0.3) is 0 Å². The predicted octanol–water partition coefficient (Wildman–Crippen LogP) is 2.17. The molecule has 0 spiro atoms. The average molecular weight is 245 g/mol. The third-order valence-corrected chi connectivity index (χ3v) is 2.70. The molecule has 1 N–H and O–H groups in total. The Morgan fingerprint density at radius 1 is 1.44 bits per heavy atom. The lowest BCUT2D eigenvalue weighted by Crippen LogP contribution is -2.37. The van der Waals surface area contributed by atoms with Gasteiger partial charge in [-0.2, -0.15) is 0 Å². The smallest absolute Gasteiger partial charge is 0.126 e. The minimum absolute atomic E-state index is 0.191. The lowest BCUT2D eigenvalue weighted by atomic mass is 10.1. The second kappa shape index (κ2) is 6.18. The molecule has 0 aromatic heterocycles. The first-order valence-electron chi connectivity index (χ1n) is 5.29. The molecule has 1 aromatic rings. The number of benzene rings is 1. The minimum Gasteiger partial charge on any atom is -0.315 e. The van der Waals surface area contributed by atoms with Gasteiger partial charge in [0.05, 0.1) is 0 Å². The van der Waals surface area contributed by atoms with E-state index in [9.17, 15) is 4.39 Å². The van der Waals surface area contributed by atoms with Crippen molar-refractivity contribution in [1.29, 1.82) is 0 Å². The van der Waals surface area contributed by atoms with Crippen LogP contribution in [0.2, 0.25) is 5.02 Å². The first-order chi connectivity index (χ1) is 7.52. The molecule has 1 rings (SSSR count). The van der Waals surface area contributed by atoms with E-state index in [1.807, 2.05) is 21.1 Å². The quantitative estimate of drug-likeness (QED) is 0.854. The Balaban J connectivity index is 2.73. The normalized spacial score (nSPS) is 13.1. The molecule has 0 fully saturated rings. The molecule has 0 radical (unpaired) electrons. The Morgan fingerprint density at radius 2 is 2.12 bits per heavy atom. The van der Waals surface area contributed by atoms with Gasteiger partial charge in [-0.1, -0.05) is 11.6 Å². The minimum atomic E-state index is -0.191. The van der Waals surface area contributed by atoms with Crippen LogP contribution in [0.1, 0.15) is 5.56 Å². The fourth-order valence-corrected chi connectivity index (χ4v) is 1.86. The van der Waals surface area contributed by atoms with Crippen molar-refractivity contribution in [2.75, 3.05) is 27.7 Å². The Hall–Kier alpha value is -0.640. The summed E-state index contributed by atoms with van der Waals surface area (Å²) < 4.78 is 13.5. The van der Waals surface area contributed by atoms with E-state index in [1.165, 1.54) is 6.07 Å². The number of hydrogen-bond acceptors (Lipinski definition) is 2. The molecule has 0 saturated carbocycles. The molecule has 4 heteroatoms. The van der Waals surface area contributed by atoms with Crippen molar-refractivity contribution >= 4 is 11.6 Å². The topological polar surface area (TPSA) is 15.3 Å². The van der Waals surface area contributed by atoms with E-state index in [2.05, 4.69) is 10.2 Å². The number of nitrogens with zero attached hydrogens (tertiary/aromatic N) is 1. The molecule has 0 saturated heterocycles. The molecule has 16 heavy (non-hydrogen) atoms. The molecule has 1 atom stereocenters. The van der Waals surface area contributed by atoms with Crippen molar-refractivity contribution in [2.24, 2.45) is 0 Å². The zero-order chi connectivity index (χ0) is 12.1. The van der Waals surface area contributed by atoms with E-state index in [0.717, 1.165) is 6.54 Å². The molecular formula is C12H18ClFN2. The number of nitrogens with one attached hydrogen (secondary N) is 1. The maximum absolute atomic E-state index is 13.5. The summed E-state index contributed by atoms with van der Waals surface area (Å²) in [7, 11) is 5.88. The van der Waals surface area contributed by atoms with E-state index >= 15 is 0 Å². The van der Waals surface area contributed by atoms with E-state index in [-0.39, 0.29) is 11.9 Å². The van der Waals surface area contributed by atoms with Gasteiger partial charge in [-0.15, -0.1) is 0 Å². The van der Waals surface area contributed by atoms with Gasteiger partial charge in [0.25, 0.3) is 0 Å². The molecular weight excluding hydrogens is 227 g/mol. The number of rotatable bonds is 5. The van der Waals surface area contributed by atoms with Gasteiger partial charge in [-0.05, 0) is 51.3 Å². The summed E-state index contributed by atoms with van der Waals surface area (Å²) in [6.07, 6.45) is 0.640. The highest BCUT2D eigenvalue weighted by molar-refractivity contribution is 6.30. The van der Waals surface area contributed by atoms with E-state index in [1.54, 1.807) is 12.1 Å². The van der Waals surface area contributed by atoms with Crippen molar-refractivity contribution in [1.82, 2.24) is 10.2 Å². The summed E-state index contributed by atoms with van der Waals surface area (Å²) in [6.45, 7) is 0.864. The van der Waals surface area contributed by atoms with Crippen LogP contribution in [0.15, 0.2) is 18.2 Å². The number of hydrogen-bond donors (Lipinski definition) is 1. The van der Waals surface area contributed by atoms with Crippen molar-refractivity contribution < 1.29 is 4.39 Å². The van der Waals surface area contributed by atoms with Crippen molar-refractivity contribution in [2.45, 2.75) is 12.5 Å². The highest BCUT2D eigenvalue weighted by Crippen LogP contribution is 2.16. The standard InChI is InChI=1S/C12H18ClFN2/c1-15-11(8-16(2)3)7-9-6-10(13)4-5-12(9)14/h4-6,11,15H,7-8H2,1-3H3. The summed E-state index contributed by atoms with van der Waals surface area (Å²) in [5.41, 5.74) is 0.661. The van der Waals surface area contributed by atoms with Crippen molar-refractivity contribution in [3.8, 4) is 0 Å². The SMILES string of the molecule is CNC(Cc1cc(Cl)ccc1F)CN(C)C. The zero-order valence-electron chi connectivity index (χ0n) is 9.93. The van der Waals surface area contributed by atoms with Crippen LogP contribution < -0.4 is 5.32 Å². The Bertz CT molecular complexity index is 342. The molecule has 0 aliphatic carbocycles. The Morgan fingerprint density at radius 3 is 2.69 bits per heavy atom. The van der Waals surface area contributed by atoms with E-state index < -0.39 is 0 Å². The highest BCUT2D eigenvalue weighted by Gasteiger charge is 2.11. The molecule has 0 aliphatic rings. The summed E-state index contributed by atoms with van der Waals surface area (Å²) in [6, 6.07) is 4.90. The molecule has 0 bridgehead atoms. The van der Waals surface area contributed by atoms with Gasteiger partial charge in [0, 0.05) is 17.6 Å². The van der Waals surface area contributed by atoms with Gasteiger partial charge in [0.15, 0.2) is 0 Å². The maximum Gasteiger partial charge on any atom is 0.126 e. The summed E-state index contributed by atoms with van der Waals surface area (Å²) >= 11 is 5.85. The van der Waals surface area contributed by atoms with Crippen LogP contribution in [0.5, 0.6) is 0 Å². The third kappa shape index (κ3) is 4.08. The van der Waals surface area contributed by atoms with Crippen molar-refractivity contribution in [3.63, 3.8) is 0 Å². The molecule has 1 unspecified atom stereocenters. The largest absolute Gasteiger partial charge is 0.315 e. The predicted molar refractivity (Wildman–Crippen MR) is 66.5 cm³/mol. The van der Waals surface area contributed by atoms with Crippen LogP contribution in [0.3, 0.4) is 0 Å². The number of likely N-dealkylation sites (N-methyl/N-ethyl adjacent to an activating group) is 2. The molecule has 2 nitrogen and oxygen atoms in total. The molecule has 1 aromatic carbocycles. The Labute approximate surface area is 101 Å².